The van der Waals surface area contributed by atoms with Crippen molar-refractivity contribution >= 4 is 5.84 Å². The molecule has 1 aliphatic heterocycles. The third-order valence-corrected chi connectivity index (χ3v) is 2.78. The molecule has 0 aromatic carbocycles. The first-order valence-corrected chi connectivity index (χ1v) is 5.00. The Hall–Kier alpha value is -1.49. The lowest BCUT2D eigenvalue weighted by atomic mass is 9.98. The molecule has 3 N–H and O–H groups in total. The molecule has 5 nitrogen and oxygen atoms in total. The predicted molar refractivity (Wildman–Crippen MR) is 55.8 cm³/mol. The van der Waals surface area contributed by atoms with Crippen LogP contribution in [0.4, 0.5) is 0 Å². The van der Waals surface area contributed by atoms with E-state index in [1.807, 2.05) is 29.1 Å². The van der Waals surface area contributed by atoms with Gasteiger partial charge in [0.1, 0.15) is 0 Å². The normalized spacial score (nSPS) is 24.3. The molecule has 0 bridgehead atoms. The highest BCUT2D eigenvalue weighted by Crippen LogP contribution is 2.26. The highest BCUT2D eigenvalue weighted by atomic mass is 16.5. The van der Waals surface area contributed by atoms with Gasteiger partial charge in [0.25, 0.3) is 0 Å². The molecule has 0 radical (unpaired) electrons. The number of nitrogens with two attached hydrogens (primary N) is 1. The molecular weight excluding hydrogens is 194 g/mol. The zero-order valence-electron chi connectivity index (χ0n) is 8.41. The van der Waals surface area contributed by atoms with Crippen molar-refractivity contribution in [3.63, 3.8) is 0 Å². The van der Waals surface area contributed by atoms with Crippen LogP contribution in [0, 0.1) is 5.92 Å². The highest BCUT2D eigenvalue weighted by Gasteiger charge is 2.29. The van der Waals surface area contributed by atoms with Gasteiger partial charge in [-0.05, 0) is 18.6 Å². The van der Waals surface area contributed by atoms with Crippen LogP contribution in [0.2, 0.25) is 0 Å². The van der Waals surface area contributed by atoms with Gasteiger partial charge in [-0.15, -0.1) is 0 Å². The van der Waals surface area contributed by atoms with E-state index in [9.17, 15) is 0 Å². The van der Waals surface area contributed by atoms with E-state index < -0.39 is 0 Å². The van der Waals surface area contributed by atoms with Gasteiger partial charge in [-0.1, -0.05) is 5.16 Å². The zero-order chi connectivity index (χ0) is 10.7. The monoisotopic (exact) mass is 209 g/mol. The number of ether oxygens (including phenoxy) is 1. The van der Waals surface area contributed by atoms with Crippen LogP contribution in [0.1, 0.15) is 12.5 Å². The largest absolute Gasteiger partial charge is 0.409 e. The minimum absolute atomic E-state index is 0.104. The number of oxime groups is 1. The van der Waals surface area contributed by atoms with Crippen LogP contribution in [0.15, 0.2) is 29.7 Å². The molecule has 82 valence electrons. The molecule has 1 aromatic rings. The average Bonchev–Trinajstić information content (AvgIpc) is 2.90. The Morgan fingerprint density at radius 1 is 1.53 bits per heavy atom. The molecule has 2 heterocycles. The second-order valence-corrected chi connectivity index (χ2v) is 3.72. The minimum Gasteiger partial charge on any atom is -0.409 e. The lowest BCUT2D eigenvalue weighted by molar-refractivity contribution is 0.179. The van der Waals surface area contributed by atoms with Gasteiger partial charge in [-0.25, -0.2) is 0 Å². The lowest BCUT2D eigenvalue weighted by Crippen LogP contribution is -2.32. The number of hydrogen-bond acceptors (Lipinski definition) is 3. The van der Waals surface area contributed by atoms with Crippen LogP contribution in [-0.2, 0) is 4.74 Å². The van der Waals surface area contributed by atoms with E-state index in [4.69, 9.17) is 15.7 Å². The predicted octanol–water partition coefficient (Wildman–Crippen LogP) is 0.812. The Balaban J connectivity index is 2.23. The number of amidine groups is 1. The molecule has 5 heteroatoms. The maximum atomic E-state index is 8.77. The van der Waals surface area contributed by atoms with E-state index in [1.165, 1.54) is 0 Å². The Labute approximate surface area is 88.1 Å². The van der Waals surface area contributed by atoms with Crippen molar-refractivity contribution in [3.05, 3.63) is 24.5 Å². The standard InChI is InChI=1S/C10H15N3O2/c11-10(12-14)9(8-3-6-15-7-8)13-4-1-2-5-13/h1-2,4-5,8-9,14H,3,6-7H2,(H2,11,12)/t8-,9-/m1/s1. The van der Waals surface area contributed by atoms with Crippen LogP contribution in [0.5, 0.6) is 0 Å². The summed E-state index contributed by atoms with van der Waals surface area (Å²) in [7, 11) is 0. The fourth-order valence-electron chi connectivity index (χ4n) is 2.03. The molecule has 0 aliphatic carbocycles. The lowest BCUT2D eigenvalue weighted by Gasteiger charge is -2.22. The van der Waals surface area contributed by atoms with Crippen molar-refractivity contribution in [1.29, 1.82) is 0 Å². The van der Waals surface area contributed by atoms with Crippen LogP contribution in [-0.4, -0.2) is 28.8 Å². The Morgan fingerprint density at radius 2 is 2.27 bits per heavy atom. The fourth-order valence-corrected chi connectivity index (χ4v) is 2.03. The molecule has 2 rings (SSSR count). The van der Waals surface area contributed by atoms with Crippen molar-refractivity contribution in [3.8, 4) is 0 Å². The van der Waals surface area contributed by atoms with Gasteiger partial charge < -0.3 is 20.2 Å². The smallest absolute Gasteiger partial charge is 0.162 e. The number of nitrogens with zero attached hydrogens (tertiary/aromatic N) is 2. The van der Waals surface area contributed by atoms with E-state index in [1.54, 1.807) is 0 Å². The van der Waals surface area contributed by atoms with Gasteiger partial charge in [0, 0.05) is 24.9 Å². The summed E-state index contributed by atoms with van der Waals surface area (Å²) in [4.78, 5) is 0. The van der Waals surface area contributed by atoms with Gasteiger partial charge in [-0.3, -0.25) is 0 Å². The van der Waals surface area contributed by atoms with Crippen molar-refractivity contribution in [2.75, 3.05) is 13.2 Å². The molecule has 0 spiro atoms. The first-order chi connectivity index (χ1) is 7.33. The van der Waals surface area contributed by atoms with E-state index in [0.29, 0.717) is 6.61 Å². The maximum Gasteiger partial charge on any atom is 0.162 e. The Bertz CT molecular complexity index is 328. The molecule has 15 heavy (non-hydrogen) atoms. The summed E-state index contributed by atoms with van der Waals surface area (Å²) >= 11 is 0. The molecule has 1 aromatic heterocycles. The quantitative estimate of drug-likeness (QED) is 0.335. The van der Waals surface area contributed by atoms with Gasteiger partial charge in [0.2, 0.25) is 0 Å². The number of aromatic nitrogens is 1. The van der Waals surface area contributed by atoms with E-state index >= 15 is 0 Å². The maximum absolute atomic E-state index is 8.77. The molecule has 0 amide bonds. The SMILES string of the molecule is NC(=NO)[C@@H]([C@@H]1CCOC1)n1cccc1. The summed E-state index contributed by atoms with van der Waals surface area (Å²) in [6, 6.07) is 3.74. The summed E-state index contributed by atoms with van der Waals surface area (Å²) in [6.07, 6.45) is 4.78. The van der Waals surface area contributed by atoms with Crippen molar-refractivity contribution in [2.45, 2.75) is 12.5 Å². The van der Waals surface area contributed by atoms with Gasteiger partial charge in [0.15, 0.2) is 5.84 Å². The van der Waals surface area contributed by atoms with Crippen molar-refractivity contribution in [2.24, 2.45) is 16.8 Å². The number of rotatable bonds is 3. The summed E-state index contributed by atoms with van der Waals surface area (Å²) in [5.41, 5.74) is 5.71. The summed E-state index contributed by atoms with van der Waals surface area (Å²) in [6.45, 7) is 1.42. The van der Waals surface area contributed by atoms with Crippen molar-refractivity contribution in [1.82, 2.24) is 4.57 Å². The second kappa shape index (κ2) is 4.35. The Morgan fingerprint density at radius 3 is 2.80 bits per heavy atom. The molecule has 1 fully saturated rings. The summed E-state index contributed by atoms with van der Waals surface area (Å²) < 4.78 is 7.28. The summed E-state index contributed by atoms with van der Waals surface area (Å²) in [5.74, 6) is 0.523. The highest BCUT2D eigenvalue weighted by molar-refractivity contribution is 5.84. The van der Waals surface area contributed by atoms with Gasteiger partial charge in [-0.2, -0.15) is 0 Å². The first-order valence-electron chi connectivity index (χ1n) is 5.00. The average molecular weight is 209 g/mol. The van der Waals surface area contributed by atoms with E-state index in [2.05, 4.69) is 5.16 Å². The topological polar surface area (TPSA) is 72.8 Å². The molecule has 1 saturated heterocycles. The van der Waals surface area contributed by atoms with Crippen LogP contribution in [0.25, 0.3) is 0 Å². The summed E-state index contributed by atoms with van der Waals surface area (Å²) in [5, 5.41) is 11.9. The zero-order valence-corrected chi connectivity index (χ0v) is 8.41. The van der Waals surface area contributed by atoms with E-state index in [0.717, 1.165) is 13.0 Å². The third-order valence-electron chi connectivity index (χ3n) is 2.78. The van der Waals surface area contributed by atoms with Crippen molar-refractivity contribution < 1.29 is 9.94 Å². The van der Waals surface area contributed by atoms with Crippen LogP contribution in [0.3, 0.4) is 0 Å². The van der Waals surface area contributed by atoms with Crippen LogP contribution >= 0.6 is 0 Å². The van der Waals surface area contributed by atoms with Crippen LogP contribution < -0.4 is 5.73 Å². The minimum atomic E-state index is -0.104. The second-order valence-electron chi connectivity index (χ2n) is 3.72. The Kier molecular flexibility index (Phi) is 2.91. The first kappa shape index (κ1) is 10.0. The molecule has 1 aliphatic rings. The molecule has 0 saturated carbocycles. The fraction of sp³-hybridized carbons (Fsp3) is 0.500. The van der Waals surface area contributed by atoms with E-state index in [-0.39, 0.29) is 17.8 Å². The number of hydrogen-bond donors (Lipinski definition) is 2. The molecule has 0 unspecified atom stereocenters. The molecular formula is C10H15N3O2. The van der Waals surface area contributed by atoms with Gasteiger partial charge in [0.05, 0.1) is 12.6 Å². The third kappa shape index (κ3) is 1.97. The van der Waals surface area contributed by atoms with Gasteiger partial charge >= 0.3 is 0 Å². The molecule has 2 atom stereocenters.